The van der Waals surface area contributed by atoms with E-state index in [1.807, 2.05) is 6.92 Å². The number of rotatable bonds is 10. The smallest absolute Gasteiger partial charge is 0.169 e. The Kier molecular flexibility index (Phi) is 9.27. The molecule has 1 spiro atoms. The third-order valence-corrected chi connectivity index (χ3v) is 5.93. The molecular formula is C20H38O6. The summed E-state index contributed by atoms with van der Waals surface area (Å²) < 4.78 is 12.7. The van der Waals surface area contributed by atoms with Crippen molar-refractivity contribution in [3.8, 4) is 0 Å². The van der Waals surface area contributed by atoms with Crippen molar-refractivity contribution in [1.29, 1.82) is 0 Å². The molecule has 6 atom stereocenters. The average molecular weight is 375 g/mol. The Balaban J connectivity index is 1.85. The first-order chi connectivity index (χ1) is 12.5. The molecule has 6 heteroatoms. The molecule has 0 aromatic carbocycles. The Bertz CT molecular complexity index is 388. The summed E-state index contributed by atoms with van der Waals surface area (Å²) in [5.74, 6) is -0.679. The Morgan fingerprint density at radius 2 is 1.62 bits per heavy atom. The summed E-state index contributed by atoms with van der Waals surface area (Å²) in [5.41, 5.74) is 0. The normalized spacial score (nSPS) is 33.1. The number of hydrogen-bond acceptors (Lipinski definition) is 6. The van der Waals surface area contributed by atoms with Gasteiger partial charge in [0.05, 0.1) is 24.4 Å². The lowest BCUT2D eigenvalue weighted by Gasteiger charge is -2.46. The first kappa shape index (κ1) is 22.1. The molecule has 154 valence electrons. The van der Waals surface area contributed by atoms with Crippen LogP contribution in [-0.4, -0.2) is 63.8 Å². The molecule has 4 N–H and O–H groups in total. The number of unbranched alkanes of at least 4 members (excludes halogenated alkanes) is 1. The Hall–Kier alpha value is -0.240. The van der Waals surface area contributed by atoms with Gasteiger partial charge in [0.15, 0.2) is 5.79 Å². The van der Waals surface area contributed by atoms with Gasteiger partial charge in [-0.1, -0.05) is 6.92 Å². The van der Waals surface area contributed by atoms with Crippen LogP contribution in [0.5, 0.6) is 0 Å². The van der Waals surface area contributed by atoms with Crippen LogP contribution in [-0.2, 0) is 9.47 Å². The second kappa shape index (κ2) is 10.9. The lowest BCUT2D eigenvalue weighted by Crippen LogP contribution is -2.49. The summed E-state index contributed by atoms with van der Waals surface area (Å²) in [7, 11) is 0. The Labute approximate surface area is 157 Å². The molecule has 0 saturated carbocycles. The van der Waals surface area contributed by atoms with Gasteiger partial charge in [0.1, 0.15) is 0 Å². The van der Waals surface area contributed by atoms with Crippen LogP contribution in [0.3, 0.4) is 0 Å². The van der Waals surface area contributed by atoms with E-state index in [2.05, 4.69) is 0 Å². The zero-order valence-electron chi connectivity index (χ0n) is 16.2. The van der Waals surface area contributed by atoms with Crippen LogP contribution in [0.2, 0.25) is 0 Å². The third kappa shape index (κ3) is 6.43. The molecule has 2 saturated heterocycles. The molecule has 0 amide bonds. The minimum absolute atomic E-state index is 0.0134. The first-order valence-corrected chi connectivity index (χ1v) is 10.4. The van der Waals surface area contributed by atoms with Crippen molar-refractivity contribution >= 4 is 0 Å². The van der Waals surface area contributed by atoms with Crippen molar-refractivity contribution in [2.24, 2.45) is 5.92 Å². The average Bonchev–Trinajstić information content (AvgIpc) is 2.61. The summed E-state index contributed by atoms with van der Waals surface area (Å²) in [6, 6.07) is 0. The van der Waals surface area contributed by atoms with Gasteiger partial charge >= 0.3 is 0 Å². The monoisotopic (exact) mass is 374 g/mol. The van der Waals surface area contributed by atoms with E-state index in [0.29, 0.717) is 12.8 Å². The van der Waals surface area contributed by atoms with Gasteiger partial charge in [0, 0.05) is 32.5 Å². The van der Waals surface area contributed by atoms with Crippen molar-refractivity contribution < 1.29 is 29.9 Å². The molecule has 2 rings (SSSR count). The van der Waals surface area contributed by atoms with E-state index in [1.165, 1.54) is 0 Å². The largest absolute Gasteiger partial charge is 0.396 e. The van der Waals surface area contributed by atoms with Crippen LogP contribution < -0.4 is 0 Å². The molecule has 0 aliphatic carbocycles. The van der Waals surface area contributed by atoms with E-state index in [9.17, 15) is 10.2 Å². The Morgan fingerprint density at radius 3 is 2.27 bits per heavy atom. The van der Waals surface area contributed by atoms with Crippen LogP contribution >= 0.6 is 0 Å². The molecule has 2 fully saturated rings. The zero-order chi connectivity index (χ0) is 19.0. The van der Waals surface area contributed by atoms with Gasteiger partial charge in [0.2, 0.25) is 0 Å². The van der Waals surface area contributed by atoms with Crippen LogP contribution in [0.1, 0.15) is 77.6 Å². The molecule has 0 bridgehead atoms. The molecule has 2 aliphatic heterocycles. The number of aliphatic hydroxyl groups excluding tert-OH is 4. The van der Waals surface area contributed by atoms with E-state index >= 15 is 0 Å². The highest BCUT2D eigenvalue weighted by Gasteiger charge is 2.43. The summed E-state index contributed by atoms with van der Waals surface area (Å²) in [4.78, 5) is 0. The molecule has 6 nitrogen and oxygen atoms in total. The second-order valence-corrected chi connectivity index (χ2v) is 8.18. The van der Waals surface area contributed by atoms with Gasteiger partial charge < -0.3 is 29.9 Å². The molecule has 2 aliphatic rings. The fraction of sp³-hybridized carbons (Fsp3) is 1.00. The topological polar surface area (TPSA) is 99.4 Å². The summed E-state index contributed by atoms with van der Waals surface area (Å²) in [6.45, 7) is 2.08. The number of aliphatic hydroxyl groups is 4. The predicted molar refractivity (Wildman–Crippen MR) is 98.6 cm³/mol. The van der Waals surface area contributed by atoms with Crippen LogP contribution in [0.25, 0.3) is 0 Å². The van der Waals surface area contributed by atoms with E-state index in [-0.39, 0.29) is 31.3 Å². The van der Waals surface area contributed by atoms with E-state index in [0.717, 1.165) is 57.8 Å². The van der Waals surface area contributed by atoms with Gasteiger partial charge in [-0.25, -0.2) is 0 Å². The minimum atomic E-state index is -0.847. The summed E-state index contributed by atoms with van der Waals surface area (Å²) in [5, 5.41) is 38.6. The minimum Gasteiger partial charge on any atom is -0.396 e. The maximum Gasteiger partial charge on any atom is 0.169 e. The molecular weight excluding hydrogens is 336 g/mol. The van der Waals surface area contributed by atoms with Gasteiger partial charge in [0.25, 0.3) is 0 Å². The second-order valence-electron chi connectivity index (χ2n) is 8.18. The van der Waals surface area contributed by atoms with Crippen molar-refractivity contribution in [1.82, 2.24) is 0 Å². The van der Waals surface area contributed by atoms with Gasteiger partial charge in [-0.05, 0) is 57.3 Å². The maximum absolute atomic E-state index is 10.4. The molecule has 0 aromatic heterocycles. The third-order valence-electron chi connectivity index (χ3n) is 5.93. The summed E-state index contributed by atoms with van der Waals surface area (Å²) in [6.07, 6.45) is 7.78. The fourth-order valence-corrected chi connectivity index (χ4v) is 4.33. The highest BCUT2D eigenvalue weighted by Crippen LogP contribution is 2.41. The zero-order valence-corrected chi connectivity index (χ0v) is 16.2. The maximum atomic E-state index is 10.4. The van der Waals surface area contributed by atoms with Crippen molar-refractivity contribution in [3.05, 3.63) is 0 Å². The number of hydrogen-bond donors (Lipinski definition) is 4. The first-order valence-electron chi connectivity index (χ1n) is 10.4. The van der Waals surface area contributed by atoms with E-state index < -0.39 is 18.0 Å². The summed E-state index contributed by atoms with van der Waals surface area (Å²) >= 11 is 0. The molecule has 2 heterocycles. The molecule has 0 radical (unpaired) electrons. The van der Waals surface area contributed by atoms with E-state index in [1.54, 1.807) is 0 Å². The van der Waals surface area contributed by atoms with Crippen LogP contribution in [0.15, 0.2) is 0 Å². The quantitative estimate of drug-likeness (QED) is 0.437. The van der Waals surface area contributed by atoms with Gasteiger partial charge in [-0.15, -0.1) is 0 Å². The molecule has 26 heavy (non-hydrogen) atoms. The van der Waals surface area contributed by atoms with Crippen LogP contribution in [0.4, 0.5) is 0 Å². The Morgan fingerprint density at radius 1 is 0.962 bits per heavy atom. The molecule has 0 aromatic rings. The lowest BCUT2D eigenvalue weighted by molar-refractivity contribution is -0.318. The van der Waals surface area contributed by atoms with Crippen molar-refractivity contribution in [2.75, 3.05) is 13.2 Å². The predicted octanol–water partition coefficient (Wildman–Crippen LogP) is 2.11. The highest BCUT2D eigenvalue weighted by molar-refractivity contribution is 4.86. The fourth-order valence-electron chi connectivity index (χ4n) is 4.33. The lowest BCUT2D eigenvalue weighted by atomic mass is 9.88. The SMILES string of the molecule is C[C@H](CCO)[C@@H](O)[C@@H](O)C[C@@H]1CCC[C@]2(CCC[C@@H](CCCCO)O2)O1. The van der Waals surface area contributed by atoms with Crippen molar-refractivity contribution in [3.63, 3.8) is 0 Å². The standard InChI is InChI=1S/C20H38O6/c1-15(9-13-22)19(24)18(23)14-17-8-5-11-20(26-17)10-4-7-16(25-20)6-2-3-12-21/h15-19,21-24H,2-14H2,1H3/t15-,16-,17+,18+,19-,20+/m1/s1. The molecule has 0 unspecified atom stereocenters. The van der Waals surface area contributed by atoms with Crippen LogP contribution in [0, 0.1) is 5.92 Å². The number of ether oxygens (including phenoxy) is 2. The highest BCUT2D eigenvalue weighted by atomic mass is 16.7. The van der Waals surface area contributed by atoms with Crippen molar-refractivity contribution in [2.45, 2.75) is 108 Å². The van der Waals surface area contributed by atoms with Gasteiger partial charge in [-0.2, -0.15) is 0 Å². The van der Waals surface area contributed by atoms with E-state index in [4.69, 9.17) is 19.7 Å². The van der Waals surface area contributed by atoms with Gasteiger partial charge in [-0.3, -0.25) is 0 Å².